The van der Waals surface area contributed by atoms with Crippen LogP contribution in [0.1, 0.15) is 44.9 Å². The van der Waals surface area contributed by atoms with Crippen molar-refractivity contribution in [1.29, 1.82) is 0 Å². The normalized spacial score (nSPS) is 38.0. The number of rotatable bonds is 7. The molecule has 4 bridgehead atoms. The molecule has 134 valence electrons. The van der Waals surface area contributed by atoms with E-state index < -0.39 is 28.1 Å². The molecule has 0 radical (unpaired) electrons. The predicted octanol–water partition coefficient (Wildman–Crippen LogP) is 2.45. The van der Waals surface area contributed by atoms with Gasteiger partial charge in [0, 0.05) is 0 Å². The topological polar surface area (TPSA) is 83.8 Å². The maximum absolute atomic E-state index is 13.1. The van der Waals surface area contributed by atoms with E-state index >= 15 is 0 Å². The van der Waals surface area contributed by atoms with Crippen molar-refractivity contribution in [3.8, 4) is 0 Å². The van der Waals surface area contributed by atoms with Crippen molar-refractivity contribution in [2.75, 3.05) is 13.2 Å². The first-order chi connectivity index (χ1) is 10.6. The molecule has 5 nitrogen and oxygen atoms in total. The fourth-order valence-electron chi connectivity index (χ4n) is 5.49. The third-order valence-electron chi connectivity index (χ3n) is 5.79. The van der Waals surface area contributed by atoms with E-state index in [1.54, 1.807) is 0 Å². The molecule has 0 heterocycles. The molecule has 1 atom stereocenters. The van der Waals surface area contributed by atoms with E-state index in [-0.39, 0.29) is 12.0 Å². The first-order valence-electron chi connectivity index (χ1n) is 8.19. The molecule has 0 aromatic rings. The Kier molecular flexibility index (Phi) is 4.49. The standard InChI is InChI=1S/C15H24F2O5S/c16-15(17,23(19,20)21)9-22-8-13(18)7-14-4-10-1-11(5-14)3-12(2-10)6-14/h10-13,18H,1-9H2,(H,19,20,21). The van der Waals surface area contributed by atoms with Gasteiger partial charge in [-0.15, -0.1) is 0 Å². The van der Waals surface area contributed by atoms with Crippen LogP contribution >= 0.6 is 0 Å². The first-order valence-corrected chi connectivity index (χ1v) is 9.63. The Labute approximate surface area is 135 Å². The SMILES string of the molecule is O=S(=O)(O)C(F)(F)COCC(O)CC12CC3CC(CC(C3)C1)C2. The minimum absolute atomic E-state index is 0.100. The molecule has 2 N–H and O–H groups in total. The summed E-state index contributed by atoms with van der Waals surface area (Å²) < 4.78 is 60.2. The molecule has 4 aliphatic rings. The number of hydrogen-bond donors (Lipinski definition) is 2. The molecule has 8 heteroatoms. The van der Waals surface area contributed by atoms with Crippen LogP contribution in [0, 0.1) is 23.2 Å². The fraction of sp³-hybridized carbons (Fsp3) is 1.00. The summed E-state index contributed by atoms with van der Waals surface area (Å²) in [6.45, 7) is -1.78. The van der Waals surface area contributed by atoms with E-state index in [2.05, 4.69) is 4.74 Å². The largest absolute Gasteiger partial charge is 0.392 e. The Bertz CT molecular complexity index is 513. The van der Waals surface area contributed by atoms with Crippen LogP contribution in [-0.2, 0) is 14.9 Å². The quantitative estimate of drug-likeness (QED) is 0.686. The van der Waals surface area contributed by atoms with Gasteiger partial charge < -0.3 is 9.84 Å². The monoisotopic (exact) mass is 354 g/mol. The van der Waals surface area contributed by atoms with Gasteiger partial charge in [-0.2, -0.15) is 17.2 Å². The molecule has 1 unspecified atom stereocenters. The molecule has 4 fully saturated rings. The second kappa shape index (κ2) is 5.89. The van der Waals surface area contributed by atoms with Crippen LogP contribution in [0.25, 0.3) is 0 Å². The Balaban J connectivity index is 1.49. The van der Waals surface area contributed by atoms with E-state index in [1.807, 2.05) is 0 Å². The van der Waals surface area contributed by atoms with Crippen LogP contribution in [0.3, 0.4) is 0 Å². The molecule has 4 saturated carbocycles. The van der Waals surface area contributed by atoms with Crippen molar-refractivity contribution in [3.05, 3.63) is 0 Å². The summed E-state index contributed by atoms with van der Waals surface area (Å²) >= 11 is 0. The van der Waals surface area contributed by atoms with E-state index in [4.69, 9.17) is 4.55 Å². The van der Waals surface area contributed by atoms with Crippen molar-refractivity contribution in [2.24, 2.45) is 23.2 Å². The van der Waals surface area contributed by atoms with Crippen molar-refractivity contribution in [2.45, 2.75) is 56.3 Å². The van der Waals surface area contributed by atoms with Crippen molar-refractivity contribution in [1.82, 2.24) is 0 Å². The highest BCUT2D eigenvalue weighted by Gasteiger charge is 2.51. The van der Waals surface area contributed by atoms with Crippen LogP contribution in [0.5, 0.6) is 0 Å². The highest BCUT2D eigenvalue weighted by atomic mass is 32.2. The number of aliphatic hydroxyl groups is 1. The van der Waals surface area contributed by atoms with E-state index in [9.17, 15) is 22.3 Å². The molecule has 0 saturated heterocycles. The maximum Gasteiger partial charge on any atom is 0.392 e. The highest BCUT2D eigenvalue weighted by molar-refractivity contribution is 7.86. The number of alkyl halides is 2. The Morgan fingerprint density at radius 3 is 2.04 bits per heavy atom. The molecule has 0 aromatic carbocycles. The van der Waals surface area contributed by atoms with Crippen LogP contribution in [-0.4, -0.2) is 42.6 Å². The van der Waals surface area contributed by atoms with Gasteiger partial charge in [0.25, 0.3) is 0 Å². The van der Waals surface area contributed by atoms with Crippen LogP contribution < -0.4 is 0 Å². The predicted molar refractivity (Wildman–Crippen MR) is 78.5 cm³/mol. The maximum atomic E-state index is 13.1. The number of ether oxygens (including phenoxy) is 1. The molecule has 4 aliphatic carbocycles. The van der Waals surface area contributed by atoms with Crippen molar-refractivity contribution < 1.29 is 31.6 Å². The zero-order valence-electron chi connectivity index (χ0n) is 13.0. The van der Waals surface area contributed by atoms with E-state index in [0.717, 1.165) is 37.0 Å². The zero-order valence-corrected chi connectivity index (χ0v) is 13.8. The smallest absolute Gasteiger partial charge is 0.391 e. The lowest BCUT2D eigenvalue weighted by molar-refractivity contribution is -0.0951. The summed E-state index contributed by atoms with van der Waals surface area (Å²) in [5.41, 5.74) is 0.100. The number of halogens is 2. The van der Waals surface area contributed by atoms with E-state index in [0.29, 0.717) is 6.42 Å². The van der Waals surface area contributed by atoms with Gasteiger partial charge in [-0.1, -0.05) is 0 Å². The molecule has 23 heavy (non-hydrogen) atoms. The van der Waals surface area contributed by atoms with Gasteiger partial charge in [0.2, 0.25) is 0 Å². The first kappa shape index (κ1) is 17.5. The molecule has 0 amide bonds. The number of aliphatic hydroxyl groups excluding tert-OH is 1. The lowest BCUT2D eigenvalue weighted by Gasteiger charge is -2.57. The summed E-state index contributed by atoms with van der Waals surface area (Å²) in [6, 6.07) is 0. The van der Waals surface area contributed by atoms with E-state index in [1.165, 1.54) is 19.3 Å². The van der Waals surface area contributed by atoms with Gasteiger partial charge in [0.1, 0.15) is 6.61 Å². The molecule has 0 aromatic heterocycles. The van der Waals surface area contributed by atoms with Gasteiger partial charge in [0.15, 0.2) is 0 Å². The third kappa shape index (κ3) is 3.70. The lowest BCUT2D eigenvalue weighted by atomic mass is 9.48. The van der Waals surface area contributed by atoms with Gasteiger partial charge in [0.05, 0.1) is 12.7 Å². The van der Waals surface area contributed by atoms with Gasteiger partial charge in [-0.05, 0) is 68.1 Å². The average molecular weight is 354 g/mol. The van der Waals surface area contributed by atoms with Crippen LogP contribution in [0.4, 0.5) is 8.78 Å². The molecule has 0 spiro atoms. The molecule has 0 aliphatic heterocycles. The van der Waals surface area contributed by atoms with Crippen LogP contribution in [0.2, 0.25) is 0 Å². The summed E-state index contributed by atoms with van der Waals surface area (Å²) in [6.07, 6.45) is 6.77. The Hall–Kier alpha value is -0.310. The Morgan fingerprint density at radius 1 is 1.13 bits per heavy atom. The second-order valence-corrected chi connectivity index (χ2v) is 9.45. The zero-order chi connectivity index (χ0) is 16.9. The highest BCUT2D eigenvalue weighted by Crippen LogP contribution is 2.61. The summed E-state index contributed by atoms with van der Waals surface area (Å²) in [4.78, 5) is 0. The van der Waals surface area contributed by atoms with Gasteiger partial charge >= 0.3 is 15.4 Å². The Morgan fingerprint density at radius 2 is 1.61 bits per heavy atom. The molecular weight excluding hydrogens is 330 g/mol. The second-order valence-electron chi connectivity index (χ2n) is 7.90. The third-order valence-corrected chi connectivity index (χ3v) is 6.66. The number of hydrogen-bond acceptors (Lipinski definition) is 4. The summed E-state index contributed by atoms with van der Waals surface area (Å²) in [5, 5.41) is 5.79. The molecule has 4 rings (SSSR count). The minimum atomic E-state index is -5.48. The van der Waals surface area contributed by atoms with Gasteiger partial charge in [-0.25, -0.2) is 0 Å². The lowest BCUT2D eigenvalue weighted by Crippen LogP contribution is -2.47. The average Bonchev–Trinajstić information content (AvgIpc) is 2.34. The van der Waals surface area contributed by atoms with Gasteiger partial charge in [-0.3, -0.25) is 4.55 Å². The summed E-state index contributed by atoms with van der Waals surface area (Å²) in [5.74, 6) is 2.20. The van der Waals surface area contributed by atoms with Crippen molar-refractivity contribution >= 4 is 10.1 Å². The minimum Gasteiger partial charge on any atom is -0.391 e. The van der Waals surface area contributed by atoms with Crippen molar-refractivity contribution in [3.63, 3.8) is 0 Å². The fourth-order valence-corrected chi connectivity index (χ4v) is 5.72. The molecular formula is C15H24F2O5S. The van der Waals surface area contributed by atoms with Crippen LogP contribution in [0.15, 0.2) is 0 Å². The summed E-state index contributed by atoms with van der Waals surface area (Å²) in [7, 11) is -5.48.